The standard InChI is InChI=1S/C13H22N5O4PS/c1-10(21-9-23(19,20)22-4-3-5-24-2)6-18-8-17-11-12(14)15-7-16-13(11)18/h7-8,10H,3-6,9H2,1-2H3,(H,19,20)(H2,14,15,16)/t10-/m1/s1. The fourth-order valence-electron chi connectivity index (χ4n) is 2.03. The van der Waals surface area contributed by atoms with Crippen molar-refractivity contribution in [1.29, 1.82) is 0 Å². The fourth-order valence-corrected chi connectivity index (χ4v) is 3.37. The van der Waals surface area contributed by atoms with Crippen LogP contribution in [0, 0.1) is 0 Å². The second-order valence-corrected chi connectivity index (χ2v) is 8.03. The van der Waals surface area contributed by atoms with Crippen LogP contribution in [0.5, 0.6) is 0 Å². The Kier molecular flexibility index (Phi) is 7.00. The number of hydrogen-bond donors (Lipinski definition) is 2. The monoisotopic (exact) mass is 375 g/mol. The van der Waals surface area contributed by atoms with Crippen molar-refractivity contribution in [2.24, 2.45) is 0 Å². The topological polar surface area (TPSA) is 125 Å². The molecule has 0 amide bonds. The normalized spacial score (nSPS) is 15.5. The van der Waals surface area contributed by atoms with E-state index in [0.717, 1.165) is 12.2 Å². The van der Waals surface area contributed by atoms with Gasteiger partial charge in [0.05, 0.1) is 25.6 Å². The van der Waals surface area contributed by atoms with Gasteiger partial charge in [-0.15, -0.1) is 0 Å². The van der Waals surface area contributed by atoms with Crippen molar-refractivity contribution in [2.45, 2.75) is 26.0 Å². The van der Waals surface area contributed by atoms with Crippen LogP contribution in [0.15, 0.2) is 12.7 Å². The number of nitrogen functional groups attached to an aromatic ring is 1. The first-order valence-electron chi connectivity index (χ1n) is 7.41. The summed E-state index contributed by atoms with van der Waals surface area (Å²) < 4.78 is 24.1. The van der Waals surface area contributed by atoms with Gasteiger partial charge in [-0.3, -0.25) is 4.57 Å². The smallest absolute Gasteiger partial charge is 0.353 e. The molecule has 3 N–H and O–H groups in total. The van der Waals surface area contributed by atoms with Crippen molar-refractivity contribution >= 4 is 36.3 Å². The number of aromatic nitrogens is 4. The van der Waals surface area contributed by atoms with E-state index < -0.39 is 7.60 Å². The quantitative estimate of drug-likeness (QED) is 0.471. The lowest BCUT2D eigenvalue weighted by molar-refractivity contribution is 0.0718. The summed E-state index contributed by atoms with van der Waals surface area (Å²) in [5.74, 6) is 1.20. The van der Waals surface area contributed by atoms with Gasteiger partial charge in [-0.1, -0.05) is 0 Å². The van der Waals surface area contributed by atoms with Gasteiger partial charge in [0.15, 0.2) is 11.5 Å². The van der Waals surface area contributed by atoms with Crippen LogP contribution in [0.4, 0.5) is 5.82 Å². The third kappa shape index (κ3) is 5.42. The van der Waals surface area contributed by atoms with Gasteiger partial charge in [0, 0.05) is 0 Å². The molecule has 2 aromatic rings. The van der Waals surface area contributed by atoms with Crippen LogP contribution >= 0.6 is 19.4 Å². The molecule has 0 aromatic carbocycles. The van der Waals surface area contributed by atoms with E-state index in [-0.39, 0.29) is 19.1 Å². The van der Waals surface area contributed by atoms with Gasteiger partial charge in [-0.05, 0) is 25.4 Å². The number of nitrogens with two attached hydrogens (primary N) is 1. The zero-order chi connectivity index (χ0) is 17.6. The first-order valence-corrected chi connectivity index (χ1v) is 10.6. The van der Waals surface area contributed by atoms with Gasteiger partial charge in [0.1, 0.15) is 18.2 Å². The van der Waals surface area contributed by atoms with E-state index in [0.29, 0.717) is 23.5 Å². The van der Waals surface area contributed by atoms with Crippen LogP contribution in [0.1, 0.15) is 13.3 Å². The average Bonchev–Trinajstić information content (AvgIpc) is 2.94. The highest BCUT2D eigenvalue weighted by molar-refractivity contribution is 7.98. The summed E-state index contributed by atoms with van der Waals surface area (Å²) in [6, 6.07) is 0. The summed E-state index contributed by atoms with van der Waals surface area (Å²) in [5, 5.41) is 0. The molecule has 11 heteroatoms. The molecule has 0 saturated carbocycles. The lowest BCUT2D eigenvalue weighted by Gasteiger charge is -2.17. The van der Waals surface area contributed by atoms with Crippen LogP contribution in [-0.2, 0) is 20.4 Å². The van der Waals surface area contributed by atoms with Crippen LogP contribution in [0.3, 0.4) is 0 Å². The van der Waals surface area contributed by atoms with Gasteiger partial charge < -0.3 is 24.5 Å². The molecule has 24 heavy (non-hydrogen) atoms. The fraction of sp³-hybridized carbons (Fsp3) is 0.615. The Balaban J connectivity index is 1.85. The van der Waals surface area contributed by atoms with Crippen LogP contribution in [-0.4, -0.2) is 55.5 Å². The van der Waals surface area contributed by atoms with Crippen molar-refractivity contribution in [2.75, 3.05) is 30.7 Å². The number of thioether (sulfide) groups is 1. The molecule has 2 heterocycles. The molecule has 0 fully saturated rings. The van der Waals surface area contributed by atoms with Gasteiger partial charge in [0.25, 0.3) is 0 Å². The zero-order valence-electron chi connectivity index (χ0n) is 13.7. The number of anilines is 1. The predicted octanol–water partition coefficient (Wildman–Crippen LogP) is 1.73. The Labute approximate surface area is 144 Å². The third-order valence-electron chi connectivity index (χ3n) is 3.19. The van der Waals surface area contributed by atoms with Crippen LogP contribution in [0.2, 0.25) is 0 Å². The zero-order valence-corrected chi connectivity index (χ0v) is 15.4. The molecule has 2 atom stereocenters. The molecule has 134 valence electrons. The summed E-state index contributed by atoms with van der Waals surface area (Å²) in [7, 11) is -3.73. The number of ether oxygens (including phenoxy) is 1. The summed E-state index contributed by atoms with van der Waals surface area (Å²) in [6.45, 7) is 2.46. The lowest BCUT2D eigenvalue weighted by Crippen LogP contribution is -2.17. The lowest BCUT2D eigenvalue weighted by atomic mass is 10.4. The highest BCUT2D eigenvalue weighted by Gasteiger charge is 2.21. The van der Waals surface area contributed by atoms with Gasteiger partial charge >= 0.3 is 7.60 Å². The van der Waals surface area contributed by atoms with E-state index in [9.17, 15) is 9.46 Å². The van der Waals surface area contributed by atoms with Crippen molar-refractivity contribution < 1.29 is 18.7 Å². The predicted molar refractivity (Wildman–Crippen MR) is 93.9 cm³/mol. The Morgan fingerprint density at radius 2 is 2.25 bits per heavy atom. The highest BCUT2D eigenvalue weighted by Crippen LogP contribution is 2.42. The molecule has 1 unspecified atom stereocenters. The SMILES string of the molecule is CSCCCOP(=O)(O)CO[C@H](C)Cn1cnc2c(N)ncnc21. The number of hydrogen-bond acceptors (Lipinski definition) is 8. The molecular formula is C13H22N5O4PS. The molecule has 2 aromatic heterocycles. The molecule has 2 rings (SSSR count). The molecule has 0 bridgehead atoms. The minimum absolute atomic E-state index is 0.245. The minimum atomic E-state index is -3.73. The number of rotatable bonds is 10. The third-order valence-corrected chi connectivity index (χ3v) is 4.95. The van der Waals surface area contributed by atoms with Gasteiger partial charge in [-0.25, -0.2) is 15.0 Å². The van der Waals surface area contributed by atoms with Crippen LogP contribution in [0.25, 0.3) is 11.2 Å². The first-order chi connectivity index (χ1) is 11.4. The van der Waals surface area contributed by atoms with E-state index in [1.54, 1.807) is 29.6 Å². The molecular weight excluding hydrogens is 353 g/mol. The Morgan fingerprint density at radius 3 is 3.00 bits per heavy atom. The van der Waals surface area contributed by atoms with Crippen molar-refractivity contribution in [3.8, 4) is 0 Å². The highest BCUT2D eigenvalue weighted by atomic mass is 32.2. The summed E-state index contributed by atoms with van der Waals surface area (Å²) >= 11 is 1.66. The largest absolute Gasteiger partial charge is 0.382 e. The molecule has 0 aliphatic heterocycles. The Morgan fingerprint density at radius 1 is 1.46 bits per heavy atom. The van der Waals surface area contributed by atoms with E-state index in [1.165, 1.54) is 6.33 Å². The van der Waals surface area contributed by atoms with E-state index in [4.69, 9.17) is 15.0 Å². The maximum atomic E-state index is 11.9. The van der Waals surface area contributed by atoms with E-state index in [2.05, 4.69) is 15.0 Å². The van der Waals surface area contributed by atoms with E-state index >= 15 is 0 Å². The first kappa shape index (κ1) is 19.1. The summed E-state index contributed by atoms with van der Waals surface area (Å²) in [4.78, 5) is 21.9. The second kappa shape index (κ2) is 8.77. The number of imidazole rings is 1. The number of fused-ring (bicyclic) bond motifs is 1. The van der Waals surface area contributed by atoms with Crippen LogP contribution < -0.4 is 5.73 Å². The summed E-state index contributed by atoms with van der Waals surface area (Å²) in [5.41, 5.74) is 6.86. The summed E-state index contributed by atoms with van der Waals surface area (Å²) in [6.07, 6.45) is 4.98. The molecule has 0 aliphatic carbocycles. The van der Waals surface area contributed by atoms with Crippen molar-refractivity contribution in [1.82, 2.24) is 19.5 Å². The van der Waals surface area contributed by atoms with E-state index in [1.807, 2.05) is 6.26 Å². The molecule has 9 nitrogen and oxygen atoms in total. The Bertz CT molecular complexity index is 713. The molecule has 0 saturated heterocycles. The molecule has 0 aliphatic rings. The van der Waals surface area contributed by atoms with Gasteiger partial charge in [0.2, 0.25) is 0 Å². The molecule has 0 spiro atoms. The second-order valence-electron chi connectivity index (χ2n) is 5.25. The van der Waals surface area contributed by atoms with Crippen molar-refractivity contribution in [3.63, 3.8) is 0 Å². The van der Waals surface area contributed by atoms with Crippen molar-refractivity contribution in [3.05, 3.63) is 12.7 Å². The maximum Gasteiger partial charge on any atom is 0.353 e. The minimum Gasteiger partial charge on any atom is -0.382 e. The number of nitrogens with zero attached hydrogens (tertiary/aromatic N) is 4. The average molecular weight is 375 g/mol. The van der Waals surface area contributed by atoms with Gasteiger partial charge in [-0.2, -0.15) is 11.8 Å². The maximum absolute atomic E-state index is 11.9. The molecule has 0 radical (unpaired) electrons. The Hall–Kier alpha value is -1.19.